The van der Waals surface area contributed by atoms with Crippen LogP contribution in [0.1, 0.15) is 23.1 Å². The van der Waals surface area contributed by atoms with Crippen molar-refractivity contribution in [3.8, 4) is 0 Å². The summed E-state index contributed by atoms with van der Waals surface area (Å²) in [4.78, 5) is 20.7. The first-order chi connectivity index (χ1) is 13.9. The summed E-state index contributed by atoms with van der Waals surface area (Å²) in [6.45, 7) is 3.51. The van der Waals surface area contributed by atoms with Crippen molar-refractivity contribution in [2.45, 2.75) is 24.9 Å². The number of pyridine rings is 1. The van der Waals surface area contributed by atoms with E-state index >= 15 is 0 Å². The summed E-state index contributed by atoms with van der Waals surface area (Å²) in [5.74, 6) is 1.33. The van der Waals surface area contributed by atoms with Crippen LogP contribution in [0.3, 0.4) is 0 Å². The highest BCUT2D eigenvalue weighted by Gasteiger charge is 2.30. The van der Waals surface area contributed by atoms with E-state index in [0.717, 1.165) is 55.1 Å². The van der Waals surface area contributed by atoms with E-state index in [9.17, 15) is 18.0 Å². The molecular weight excluding hydrogens is 399 g/mol. The Morgan fingerprint density at radius 3 is 2.52 bits per heavy atom. The predicted octanol–water partition coefficient (Wildman–Crippen LogP) is 4.07. The lowest BCUT2D eigenvalue weighted by Crippen LogP contribution is -2.36. The van der Waals surface area contributed by atoms with Crippen molar-refractivity contribution in [2.75, 3.05) is 31.9 Å². The normalized spacial score (nSPS) is 15.9. The van der Waals surface area contributed by atoms with Crippen LogP contribution in [0, 0.1) is 0 Å². The van der Waals surface area contributed by atoms with Crippen LogP contribution >= 0.6 is 11.8 Å². The summed E-state index contributed by atoms with van der Waals surface area (Å²) in [5, 5.41) is 0. The Balaban J connectivity index is 1.44. The second-order valence-corrected chi connectivity index (χ2v) is 8.04. The summed E-state index contributed by atoms with van der Waals surface area (Å²) in [5.41, 5.74) is 1.33. The van der Waals surface area contributed by atoms with Gasteiger partial charge in [0.15, 0.2) is 0 Å². The third kappa shape index (κ3) is 6.75. The molecule has 0 unspecified atom stereocenters. The molecule has 3 rings (SSSR count). The van der Waals surface area contributed by atoms with Crippen molar-refractivity contribution < 1.29 is 18.0 Å². The molecule has 0 spiro atoms. The number of halogens is 3. The van der Waals surface area contributed by atoms with E-state index in [4.69, 9.17) is 0 Å². The number of aromatic nitrogens is 1. The highest BCUT2D eigenvalue weighted by molar-refractivity contribution is 7.99. The number of amides is 1. The Labute approximate surface area is 173 Å². The highest BCUT2D eigenvalue weighted by atomic mass is 32.2. The Hall–Kier alpha value is -2.06. The quantitative estimate of drug-likeness (QED) is 0.702. The van der Waals surface area contributed by atoms with Crippen molar-refractivity contribution in [1.82, 2.24) is 14.8 Å². The van der Waals surface area contributed by atoms with Gasteiger partial charge in [0.2, 0.25) is 5.91 Å². The lowest BCUT2D eigenvalue weighted by molar-refractivity contribution is -0.137. The van der Waals surface area contributed by atoms with Crippen LogP contribution < -0.4 is 0 Å². The SMILES string of the molecule is O=C(CSCc1cccnc1)N1CCCN(Cc2ccc(C(F)(F)F)cc2)CC1. The molecular formula is C21H24F3N3OS. The van der Waals surface area contributed by atoms with Gasteiger partial charge in [-0.25, -0.2) is 0 Å². The molecule has 0 radical (unpaired) electrons. The first kappa shape index (κ1) is 21.6. The van der Waals surface area contributed by atoms with Crippen molar-refractivity contribution in [1.29, 1.82) is 0 Å². The largest absolute Gasteiger partial charge is 0.416 e. The Morgan fingerprint density at radius 2 is 1.83 bits per heavy atom. The van der Waals surface area contributed by atoms with E-state index in [2.05, 4.69) is 9.88 Å². The molecule has 1 aromatic carbocycles. The van der Waals surface area contributed by atoms with E-state index in [-0.39, 0.29) is 5.91 Å². The second kappa shape index (κ2) is 10.1. The van der Waals surface area contributed by atoms with Gasteiger partial charge in [-0.1, -0.05) is 18.2 Å². The Morgan fingerprint density at radius 1 is 1.03 bits per heavy atom. The topological polar surface area (TPSA) is 36.4 Å². The van der Waals surface area contributed by atoms with Crippen LogP contribution in [0.5, 0.6) is 0 Å². The minimum atomic E-state index is -4.31. The first-order valence-corrected chi connectivity index (χ1v) is 10.7. The highest BCUT2D eigenvalue weighted by Crippen LogP contribution is 2.29. The van der Waals surface area contributed by atoms with Crippen LogP contribution in [-0.4, -0.2) is 52.6 Å². The van der Waals surface area contributed by atoms with Crippen LogP contribution in [0.15, 0.2) is 48.8 Å². The number of benzene rings is 1. The maximum atomic E-state index is 12.7. The van der Waals surface area contributed by atoms with Gasteiger partial charge in [-0.05, 0) is 35.7 Å². The molecule has 29 heavy (non-hydrogen) atoms. The first-order valence-electron chi connectivity index (χ1n) is 9.55. The molecule has 0 atom stereocenters. The molecule has 1 amide bonds. The zero-order chi connectivity index (χ0) is 20.7. The van der Waals surface area contributed by atoms with E-state index in [0.29, 0.717) is 18.8 Å². The molecule has 1 fully saturated rings. The summed E-state index contributed by atoms with van der Waals surface area (Å²) >= 11 is 1.58. The average molecular weight is 424 g/mol. The molecule has 4 nitrogen and oxygen atoms in total. The summed E-state index contributed by atoms with van der Waals surface area (Å²) < 4.78 is 38.0. The fraction of sp³-hybridized carbons (Fsp3) is 0.429. The molecule has 0 aliphatic carbocycles. The number of hydrogen-bond donors (Lipinski definition) is 0. The molecule has 1 aliphatic heterocycles. The molecule has 8 heteroatoms. The van der Waals surface area contributed by atoms with Gasteiger partial charge in [0.05, 0.1) is 11.3 Å². The van der Waals surface area contributed by atoms with Crippen LogP contribution in [0.2, 0.25) is 0 Å². The molecule has 0 bridgehead atoms. The van der Waals surface area contributed by atoms with Gasteiger partial charge in [0, 0.05) is 50.9 Å². The van der Waals surface area contributed by atoms with E-state index in [1.165, 1.54) is 12.1 Å². The number of hydrogen-bond acceptors (Lipinski definition) is 4. The number of carbonyl (C=O) groups excluding carboxylic acids is 1. The molecule has 1 aromatic heterocycles. The number of alkyl halides is 3. The van der Waals surface area contributed by atoms with Gasteiger partial charge < -0.3 is 4.90 Å². The van der Waals surface area contributed by atoms with Crippen LogP contribution in [0.4, 0.5) is 13.2 Å². The third-order valence-electron chi connectivity index (χ3n) is 4.85. The Bertz CT molecular complexity index is 784. The second-order valence-electron chi connectivity index (χ2n) is 7.06. The van der Waals surface area contributed by atoms with Crippen molar-refractivity contribution >= 4 is 17.7 Å². The number of thioether (sulfide) groups is 1. The van der Waals surface area contributed by atoms with Crippen LogP contribution in [0.25, 0.3) is 0 Å². The van der Waals surface area contributed by atoms with Crippen molar-refractivity contribution in [3.05, 3.63) is 65.5 Å². The molecule has 2 heterocycles. The minimum absolute atomic E-state index is 0.135. The lowest BCUT2D eigenvalue weighted by atomic mass is 10.1. The summed E-state index contributed by atoms with van der Waals surface area (Å²) in [6, 6.07) is 9.20. The summed E-state index contributed by atoms with van der Waals surface area (Å²) in [6.07, 6.45) is 0.0895. The van der Waals surface area contributed by atoms with Gasteiger partial charge in [-0.15, -0.1) is 11.8 Å². The van der Waals surface area contributed by atoms with Crippen molar-refractivity contribution in [3.63, 3.8) is 0 Å². The standard InChI is InChI=1S/C21H24F3N3OS/c22-21(23,24)19-6-4-17(5-7-19)14-26-9-2-10-27(12-11-26)20(28)16-29-15-18-3-1-8-25-13-18/h1,3-8,13H,2,9-12,14-16H2. The zero-order valence-electron chi connectivity index (χ0n) is 16.1. The summed E-state index contributed by atoms with van der Waals surface area (Å²) in [7, 11) is 0. The number of carbonyl (C=O) groups is 1. The minimum Gasteiger partial charge on any atom is -0.341 e. The molecule has 0 saturated carbocycles. The number of nitrogens with zero attached hydrogens (tertiary/aromatic N) is 3. The van der Waals surface area contributed by atoms with Gasteiger partial charge in [0.25, 0.3) is 0 Å². The van der Waals surface area contributed by atoms with Crippen molar-refractivity contribution in [2.24, 2.45) is 0 Å². The average Bonchev–Trinajstić information content (AvgIpc) is 2.94. The monoisotopic (exact) mass is 423 g/mol. The van der Waals surface area contributed by atoms with Gasteiger partial charge >= 0.3 is 6.18 Å². The fourth-order valence-corrected chi connectivity index (χ4v) is 4.13. The molecule has 156 valence electrons. The van der Waals surface area contributed by atoms with E-state index in [1.54, 1.807) is 18.0 Å². The molecule has 1 aliphatic rings. The third-order valence-corrected chi connectivity index (χ3v) is 5.83. The van der Waals surface area contributed by atoms with Gasteiger partial charge in [-0.2, -0.15) is 13.2 Å². The maximum Gasteiger partial charge on any atom is 0.416 e. The zero-order valence-corrected chi connectivity index (χ0v) is 16.9. The fourth-order valence-electron chi connectivity index (χ4n) is 3.27. The Kier molecular flexibility index (Phi) is 7.55. The maximum absolute atomic E-state index is 12.7. The molecule has 2 aromatic rings. The van der Waals surface area contributed by atoms with E-state index < -0.39 is 11.7 Å². The van der Waals surface area contributed by atoms with E-state index in [1.807, 2.05) is 23.2 Å². The smallest absolute Gasteiger partial charge is 0.341 e. The molecule has 0 N–H and O–H groups in total. The van der Waals surface area contributed by atoms with Gasteiger partial charge in [0.1, 0.15) is 0 Å². The molecule has 1 saturated heterocycles. The predicted molar refractivity (Wildman–Crippen MR) is 108 cm³/mol. The van der Waals surface area contributed by atoms with Crippen LogP contribution in [-0.2, 0) is 23.3 Å². The van der Waals surface area contributed by atoms with Gasteiger partial charge in [-0.3, -0.25) is 14.7 Å². The number of rotatable bonds is 6. The lowest BCUT2D eigenvalue weighted by Gasteiger charge is -2.22.